The lowest BCUT2D eigenvalue weighted by Gasteiger charge is -2.27. The van der Waals surface area contributed by atoms with Gasteiger partial charge in [0.2, 0.25) is 11.7 Å². The summed E-state index contributed by atoms with van der Waals surface area (Å²) in [5.74, 6) is -1.00. The number of halogens is 3. The second-order valence-corrected chi connectivity index (χ2v) is 13.1. The maximum absolute atomic E-state index is 14.3. The molecule has 5 aromatic rings. The smallest absolute Gasteiger partial charge is 0.417 e. The Morgan fingerprint density at radius 2 is 1.82 bits per heavy atom. The number of nitrogens with one attached hydrogen (secondary N) is 1. The number of likely N-dealkylation sites (tertiary alicyclic amines) is 1. The Hall–Kier alpha value is -5.90. The summed E-state index contributed by atoms with van der Waals surface area (Å²) in [6, 6.07) is 14.6. The van der Waals surface area contributed by atoms with E-state index in [9.17, 15) is 32.8 Å². The molecule has 6 rings (SSSR count). The van der Waals surface area contributed by atoms with Gasteiger partial charge in [-0.25, -0.2) is 9.78 Å². The fraction of sp³-hybridized carbons (Fsp3) is 0.270. The maximum atomic E-state index is 14.3. The van der Waals surface area contributed by atoms with Crippen LogP contribution >= 0.6 is 0 Å². The van der Waals surface area contributed by atoms with Crippen molar-refractivity contribution in [2.24, 2.45) is 7.05 Å². The van der Waals surface area contributed by atoms with Crippen molar-refractivity contribution in [3.05, 3.63) is 102 Å². The minimum absolute atomic E-state index is 0.0360. The molecule has 50 heavy (non-hydrogen) atoms. The van der Waals surface area contributed by atoms with E-state index >= 15 is 0 Å². The van der Waals surface area contributed by atoms with Gasteiger partial charge in [-0.05, 0) is 87.7 Å². The summed E-state index contributed by atoms with van der Waals surface area (Å²) < 4.78 is 51.3. The molecule has 4 heterocycles. The summed E-state index contributed by atoms with van der Waals surface area (Å²) in [6.07, 6.45) is 2.27. The minimum Gasteiger partial charge on any atom is -0.444 e. The second-order valence-electron chi connectivity index (χ2n) is 13.1. The normalized spacial score (nSPS) is 15.2. The molecule has 1 aliphatic rings. The Balaban J connectivity index is 1.24. The summed E-state index contributed by atoms with van der Waals surface area (Å²) in [4.78, 5) is 44.9. The van der Waals surface area contributed by atoms with Crippen molar-refractivity contribution in [1.29, 1.82) is 5.26 Å². The Kier molecular flexibility index (Phi) is 8.73. The number of imidazole rings is 1. The average molecular weight is 683 g/mol. The van der Waals surface area contributed by atoms with Crippen molar-refractivity contribution in [2.45, 2.75) is 51.4 Å². The number of aromatic nitrogens is 3. The molecular weight excluding hydrogens is 649 g/mol. The number of benzene rings is 2. The lowest BCUT2D eigenvalue weighted by atomic mass is 9.98. The van der Waals surface area contributed by atoms with Crippen LogP contribution in [0.5, 0.6) is 0 Å². The number of anilines is 1. The molecule has 0 radical (unpaired) electrons. The van der Waals surface area contributed by atoms with Gasteiger partial charge in [0.15, 0.2) is 0 Å². The zero-order chi connectivity index (χ0) is 36.0. The quantitative estimate of drug-likeness (QED) is 0.146. The SMILES string of the molecule is Cn1cnc2cc(-c3cccn4c(C(=O)c5ccc(NC(=O)/C=C/[C@@H]6CCCN6C(=O)OC(C)(C)C)c(C#N)c5)ccc34)c(C(F)(F)F)cc21. The number of ketones is 1. The molecule has 1 fully saturated rings. The molecule has 1 aliphatic heterocycles. The van der Waals surface area contributed by atoms with Gasteiger partial charge in [-0.15, -0.1) is 0 Å². The van der Waals surface area contributed by atoms with Crippen LogP contribution in [0.15, 0.2) is 79.3 Å². The number of rotatable bonds is 6. The highest BCUT2D eigenvalue weighted by Gasteiger charge is 2.35. The summed E-state index contributed by atoms with van der Waals surface area (Å²) in [7, 11) is 1.62. The van der Waals surface area contributed by atoms with Crippen LogP contribution in [0, 0.1) is 11.3 Å². The minimum atomic E-state index is -4.65. The highest BCUT2D eigenvalue weighted by molar-refractivity contribution is 6.10. The van der Waals surface area contributed by atoms with E-state index < -0.39 is 35.1 Å². The molecule has 2 amide bonds. The molecule has 10 nitrogen and oxygen atoms in total. The molecule has 256 valence electrons. The molecule has 1 N–H and O–H groups in total. The van der Waals surface area contributed by atoms with Gasteiger partial charge < -0.3 is 23.9 Å². The highest BCUT2D eigenvalue weighted by atomic mass is 19.4. The summed E-state index contributed by atoms with van der Waals surface area (Å²) in [5, 5.41) is 12.5. The van der Waals surface area contributed by atoms with E-state index in [1.807, 2.05) is 6.07 Å². The number of hydrogen-bond donors (Lipinski definition) is 1. The van der Waals surface area contributed by atoms with Gasteiger partial charge in [-0.3, -0.25) is 9.59 Å². The molecule has 3 aromatic heterocycles. The standard InChI is InChI=1S/C37H33F3N6O4/c1-36(2,3)50-35(49)45-15-5-7-24(45)10-14-33(47)43-28-11-9-22(17-23(28)20-41)34(48)31-13-12-30-25(8-6-16-46(30)31)26-18-29-32(44(4)21-42-29)19-27(26)37(38,39)40/h6,8-14,16-19,21,24H,5,7,15H2,1-4H3,(H,43,47)/b14-10+/t24-/m0/s1. The van der Waals surface area contributed by atoms with Crippen LogP contribution in [0.4, 0.5) is 23.7 Å². The molecule has 0 bridgehead atoms. The van der Waals surface area contributed by atoms with Gasteiger partial charge in [0, 0.05) is 37.0 Å². The van der Waals surface area contributed by atoms with Crippen LogP contribution in [0.25, 0.3) is 27.7 Å². The molecule has 0 saturated carbocycles. The fourth-order valence-corrected chi connectivity index (χ4v) is 6.13. The number of fused-ring (bicyclic) bond motifs is 2. The van der Waals surface area contributed by atoms with Gasteiger partial charge >= 0.3 is 12.3 Å². The first-order valence-electron chi connectivity index (χ1n) is 15.8. The number of nitriles is 1. The number of hydrogen-bond acceptors (Lipinski definition) is 6. The van der Waals surface area contributed by atoms with Gasteiger partial charge in [0.25, 0.3) is 0 Å². The third-order valence-electron chi connectivity index (χ3n) is 8.44. The van der Waals surface area contributed by atoms with Gasteiger partial charge in [0.05, 0.1) is 51.4 Å². The third-order valence-corrected chi connectivity index (χ3v) is 8.44. The van der Waals surface area contributed by atoms with E-state index in [4.69, 9.17) is 4.74 Å². The number of pyridine rings is 1. The van der Waals surface area contributed by atoms with E-state index in [1.165, 1.54) is 51.7 Å². The summed E-state index contributed by atoms with van der Waals surface area (Å²) in [6.45, 7) is 5.85. The van der Waals surface area contributed by atoms with E-state index in [1.54, 1.807) is 63.2 Å². The number of nitrogens with zero attached hydrogens (tertiary/aromatic N) is 5. The van der Waals surface area contributed by atoms with Gasteiger partial charge in [-0.1, -0.05) is 12.1 Å². The van der Waals surface area contributed by atoms with Crippen molar-refractivity contribution >= 4 is 40.0 Å². The van der Waals surface area contributed by atoms with Crippen molar-refractivity contribution in [3.8, 4) is 17.2 Å². The lowest BCUT2D eigenvalue weighted by Crippen LogP contribution is -2.39. The van der Waals surface area contributed by atoms with Crippen molar-refractivity contribution in [1.82, 2.24) is 18.9 Å². The molecular formula is C37H33F3N6O4. The molecule has 1 saturated heterocycles. The zero-order valence-corrected chi connectivity index (χ0v) is 27.7. The van der Waals surface area contributed by atoms with Crippen LogP contribution in [-0.4, -0.2) is 54.8 Å². The summed E-state index contributed by atoms with van der Waals surface area (Å²) >= 11 is 0. The largest absolute Gasteiger partial charge is 0.444 e. The van der Waals surface area contributed by atoms with E-state index in [0.717, 1.165) is 12.5 Å². The number of alkyl halides is 3. The Bertz CT molecular complexity index is 2240. The van der Waals surface area contributed by atoms with Crippen molar-refractivity contribution in [3.63, 3.8) is 0 Å². The lowest BCUT2D eigenvalue weighted by molar-refractivity contribution is -0.137. The first kappa shape index (κ1) is 34.0. The number of amides is 2. The molecule has 0 spiro atoms. The van der Waals surface area contributed by atoms with Crippen LogP contribution < -0.4 is 5.32 Å². The van der Waals surface area contributed by atoms with Crippen LogP contribution in [0.1, 0.15) is 60.8 Å². The topological polar surface area (TPSA) is 122 Å². The Labute approximate surface area is 285 Å². The third kappa shape index (κ3) is 6.69. The van der Waals surface area contributed by atoms with Gasteiger partial charge in [0.1, 0.15) is 11.7 Å². The average Bonchev–Trinajstić information content (AvgIpc) is 3.80. The zero-order valence-electron chi connectivity index (χ0n) is 27.7. The van der Waals surface area contributed by atoms with Crippen LogP contribution in [-0.2, 0) is 22.8 Å². The van der Waals surface area contributed by atoms with Crippen molar-refractivity contribution in [2.75, 3.05) is 11.9 Å². The maximum Gasteiger partial charge on any atom is 0.417 e. The molecule has 1 atom stereocenters. The molecule has 2 aromatic carbocycles. The predicted molar refractivity (Wildman–Crippen MR) is 180 cm³/mol. The number of aryl methyl sites for hydroxylation is 1. The Morgan fingerprint density at radius 1 is 1.04 bits per heavy atom. The first-order chi connectivity index (χ1) is 23.6. The predicted octanol–water partition coefficient (Wildman–Crippen LogP) is 7.51. The second kappa shape index (κ2) is 12.9. The van der Waals surface area contributed by atoms with E-state index in [-0.39, 0.29) is 39.7 Å². The molecule has 0 aliphatic carbocycles. The van der Waals surface area contributed by atoms with E-state index in [0.29, 0.717) is 29.5 Å². The first-order valence-corrected chi connectivity index (χ1v) is 15.8. The number of carbonyl (C=O) groups is 3. The van der Waals surface area contributed by atoms with E-state index in [2.05, 4.69) is 10.3 Å². The molecule has 0 unspecified atom stereocenters. The number of ether oxygens (including phenoxy) is 1. The van der Waals surface area contributed by atoms with Crippen molar-refractivity contribution < 1.29 is 32.3 Å². The number of carbonyl (C=O) groups excluding carboxylic acids is 3. The van der Waals surface area contributed by atoms with Gasteiger partial charge in [-0.2, -0.15) is 18.4 Å². The Morgan fingerprint density at radius 3 is 2.54 bits per heavy atom. The van der Waals surface area contributed by atoms with Crippen LogP contribution in [0.3, 0.4) is 0 Å². The molecule has 13 heteroatoms. The fourth-order valence-electron chi connectivity index (χ4n) is 6.13. The van der Waals surface area contributed by atoms with Crippen LogP contribution in [0.2, 0.25) is 0 Å². The highest BCUT2D eigenvalue weighted by Crippen LogP contribution is 2.41. The summed E-state index contributed by atoms with van der Waals surface area (Å²) in [5.41, 5.74) is 0.353. The monoisotopic (exact) mass is 682 g/mol.